The Bertz CT molecular complexity index is 1240. The van der Waals surface area contributed by atoms with Gasteiger partial charge in [-0.05, 0) is 90.6 Å². The average Bonchev–Trinajstić information content (AvgIpc) is 3.46. The van der Waals surface area contributed by atoms with Crippen LogP contribution < -0.4 is 29.6 Å². The van der Waals surface area contributed by atoms with Crippen molar-refractivity contribution < 1.29 is 68.7 Å². The predicted octanol–water partition coefficient (Wildman–Crippen LogP) is 4.97. The van der Waals surface area contributed by atoms with E-state index in [9.17, 15) is 29.8 Å². The largest absolute Gasteiger partial charge is 1.00 e. The van der Waals surface area contributed by atoms with Gasteiger partial charge < -0.3 is 24.7 Å². The molecule has 2 fully saturated rings. The molecule has 2 aliphatic heterocycles. The van der Waals surface area contributed by atoms with Crippen molar-refractivity contribution in [1.82, 2.24) is 9.80 Å². The molecule has 0 aromatic rings. The monoisotopic (exact) mass is 781 g/mol. The maximum atomic E-state index is 12.5. The van der Waals surface area contributed by atoms with E-state index in [4.69, 9.17) is 18.3 Å². The SMILES string of the molecule is CC(C)(C)OC(=O)N1CC[C@H](O[Si](C)(C)C(C)(C)C)[C@H]1/C=C/[N+](=O)[O-].CC(C)(C)OC(=O)N1CC[C@H](O[Si](C)(C)C(C)(C)C)[C@H]1CC[N+](=O)[O-].[B].[H-].[Na+]. The number of ether oxygens (including phenoxy) is 2. The smallest absolute Gasteiger partial charge is 1.00 e. The minimum Gasteiger partial charge on any atom is -1.00 e. The predicted molar refractivity (Wildman–Crippen MR) is 206 cm³/mol. The third-order valence-electron chi connectivity index (χ3n) is 9.65. The van der Waals surface area contributed by atoms with Crippen LogP contribution >= 0.6 is 0 Å². The molecule has 0 spiro atoms. The molecular formula is C34H67BN4NaO10Si2. The summed E-state index contributed by atoms with van der Waals surface area (Å²) in [5, 5.41) is 21.7. The number of amides is 2. The molecule has 4 atom stereocenters. The Labute approximate surface area is 340 Å². The minimum atomic E-state index is -2.06. The quantitative estimate of drug-likeness (QED) is 0.177. The number of nitro groups is 2. The van der Waals surface area contributed by atoms with E-state index in [1.807, 2.05) is 20.8 Å². The fourth-order valence-corrected chi connectivity index (χ4v) is 7.79. The van der Waals surface area contributed by atoms with Crippen LogP contribution in [0.15, 0.2) is 12.3 Å². The molecule has 2 saturated heterocycles. The van der Waals surface area contributed by atoms with Gasteiger partial charge in [0.15, 0.2) is 16.6 Å². The molecule has 0 aromatic carbocycles. The van der Waals surface area contributed by atoms with Gasteiger partial charge in [0, 0.05) is 38.9 Å². The number of hydrogen-bond donors (Lipinski definition) is 0. The van der Waals surface area contributed by atoms with Gasteiger partial charge in [-0.1, -0.05) is 41.5 Å². The van der Waals surface area contributed by atoms with Gasteiger partial charge in [-0.25, -0.2) is 9.59 Å². The van der Waals surface area contributed by atoms with E-state index < -0.39 is 51.0 Å². The first-order valence-corrected chi connectivity index (χ1v) is 23.4. The second kappa shape index (κ2) is 19.9. The molecule has 0 bridgehead atoms. The summed E-state index contributed by atoms with van der Waals surface area (Å²) in [6.07, 6.45) is 2.62. The second-order valence-electron chi connectivity index (χ2n) is 18.3. The summed E-state index contributed by atoms with van der Waals surface area (Å²) in [6, 6.07) is -0.802. The van der Waals surface area contributed by atoms with Crippen LogP contribution in [0.5, 0.6) is 0 Å². The van der Waals surface area contributed by atoms with Gasteiger partial charge >= 0.3 is 41.7 Å². The van der Waals surface area contributed by atoms with Crippen LogP contribution in [0.2, 0.25) is 36.3 Å². The van der Waals surface area contributed by atoms with Crippen molar-refractivity contribution in [3.63, 3.8) is 0 Å². The van der Waals surface area contributed by atoms with Crippen LogP contribution in [-0.2, 0) is 18.3 Å². The molecule has 2 aliphatic rings. The summed E-state index contributed by atoms with van der Waals surface area (Å²) in [6.45, 7) is 33.1. The van der Waals surface area contributed by atoms with Crippen LogP contribution in [-0.4, -0.2) is 112 Å². The molecule has 0 aliphatic carbocycles. The number of likely N-dealkylation sites (tertiary alicyclic amines) is 2. The van der Waals surface area contributed by atoms with E-state index in [0.29, 0.717) is 25.9 Å². The Hall–Kier alpha value is -1.50. The summed E-state index contributed by atoms with van der Waals surface area (Å²) < 4.78 is 23.8. The van der Waals surface area contributed by atoms with Crippen molar-refractivity contribution in [3.05, 3.63) is 32.5 Å². The normalized spacial score (nSPS) is 21.5. The molecule has 0 unspecified atom stereocenters. The Morgan fingerprint density at radius 2 is 1.13 bits per heavy atom. The van der Waals surface area contributed by atoms with Crippen molar-refractivity contribution in [2.24, 2.45) is 0 Å². The first-order chi connectivity index (χ1) is 22.3. The molecule has 14 nitrogen and oxygen atoms in total. The first kappa shape index (κ1) is 52.6. The average molecular weight is 782 g/mol. The maximum absolute atomic E-state index is 12.5. The van der Waals surface area contributed by atoms with Gasteiger partial charge in [0.05, 0.1) is 29.2 Å². The molecule has 3 radical (unpaired) electrons. The second-order valence-corrected chi connectivity index (χ2v) is 27.8. The summed E-state index contributed by atoms with van der Waals surface area (Å²) in [7, 11) is -4.09. The Morgan fingerprint density at radius 3 is 1.52 bits per heavy atom. The molecule has 0 aromatic heterocycles. The molecule has 0 N–H and O–H groups in total. The van der Waals surface area contributed by atoms with Crippen molar-refractivity contribution >= 4 is 37.2 Å². The zero-order chi connectivity index (χ0) is 39.3. The number of rotatable bonds is 9. The zero-order valence-corrected chi connectivity index (χ0v) is 39.2. The van der Waals surface area contributed by atoms with Crippen LogP contribution in [0.25, 0.3) is 0 Å². The van der Waals surface area contributed by atoms with Crippen molar-refractivity contribution in [1.29, 1.82) is 0 Å². The summed E-state index contributed by atoms with van der Waals surface area (Å²) in [5.41, 5.74) is -1.21. The first-order valence-electron chi connectivity index (χ1n) is 17.6. The third-order valence-corrected chi connectivity index (χ3v) is 18.7. The molecule has 2 heterocycles. The zero-order valence-electron chi connectivity index (χ0n) is 36.2. The molecule has 52 heavy (non-hydrogen) atoms. The summed E-state index contributed by atoms with van der Waals surface area (Å²) >= 11 is 0. The summed E-state index contributed by atoms with van der Waals surface area (Å²) in [5.74, 6) is 0. The van der Waals surface area contributed by atoms with Crippen LogP contribution in [0.3, 0.4) is 0 Å². The van der Waals surface area contributed by atoms with E-state index in [2.05, 4.69) is 67.7 Å². The standard InChI is InChI=1S/C17H34N2O5Si.C17H32N2O5Si.B.Na.H/c2*1-16(2,3)23-15(20)18-11-10-14(13(18)9-12-19(21)22)24-25(7,8)17(4,5)6;;;/h13-14H,9-12H2,1-8H3;9,12-14H,10-11H2,1-8H3;;;/q;;;+1;-1/b;12-9+;;;/t2*13-,14+;;;/m11.../s1. The van der Waals surface area contributed by atoms with E-state index in [-0.39, 0.29) is 85.6 Å². The van der Waals surface area contributed by atoms with Crippen molar-refractivity contribution in [2.75, 3.05) is 19.6 Å². The minimum absolute atomic E-state index is 0. The number of carbonyl (C=O) groups is 2. The molecule has 295 valence electrons. The van der Waals surface area contributed by atoms with Crippen molar-refractivity contribution in [3.8, 4) is 0 Å². The van der Waals surface area contributed by atoms with Crippen molar-refractivity contribution in [2.45, 2.75) is 174 Å². The van der Waals surface area contributed by atoms with Gasteiger partial charge in [-0.2, -0.15) is 0 Å². The fourth-order valence-electron chi connectivity index (χ4n) is 5.04. The fraction of sp³-hybridized carbons (Fsp3) is 0.882. The third kappa shape index (κ3) is 16.9. The number of nitrogens with zero attached hydrogens (tertiary/aromatic N) is 4. The number of carbonyl (C=O) groups excluding carboxylic acids is 2. The van der Waals surface area contributed by atoms with Gasteiger partial charge in [-0.3, -0.25) is 25.1 Å². The molecule has 0 saturated carbocycles. The molecule has 18 heteroatoms. The van der Waals surface area contributed by atoms with Gasteiger partial charge in [0.1, 0.15) is 11.2 Å². The van der Waals surface area contributed by atoms with E-state index in [1.165, 1.54) is 11.0 Å². The Kier molecular flexibility index (Phi) is 20.1. The van der Waals surface area contributed by atoms with E-state index >= 15 is 0 Å². The van der Waals surface area contributed by atoms with Crippen LogP contribution in [0.1, 0.15) is 104 Å². The Balaban J connectivity index is -0.000000893. The van der Waals surface area contributed by atoms with E-state index in [0.717, 1.165) is 6.20 Å². The maximum Gasteiger partial charge on any atom is 1.00 e. The topological polar surface area (TPSA) is 164 Å². The van der Waals surface area contributed by atoms with Gasteiger partial charge in [0.25, 0.3) is 0 Å². The summed E-state index contributed by atoms with van der Waals surface area (Å²) in [4.78, 5) is 48.9. The molecular weight excluding hydrogens is 714 g/mol. The molecule has 2 rings (SSSR count). The van der Waals surface area contributed by atoms with Crippen LogP contribution in [0, 0.1) is 20.2 Å². The van der Waals surface area contributed by atoms with Crippen LogP contribution in [0.4, 0.5) is 9.59 Å². The molecule has 2 amide bonds. The van der Waals surface area contributed by atoms with E-state index in [1.54, 1.807) is 25.7 Å². The number of hydrogen-bond acceptors (Lipinski definition) is 10. The van der Waals surface area contributed by atoms with Gasteiger partial charge in [0.2, 0.25) is 12.7 Å². The van der Waals surface area contributed by atoms with Gasteiger partial charge in [-0.15, -0.1) is 0 Å². The Morgan fingerprint density at radius 1 is 0.750 bits per heavy atom.